The molecular formula is C19H21N. The summed E-state index contributed by atoms with van der Waals surface area (Å²) >= 11 is 0. The molecule has 0 bridgehead atoms. The average Bonchev–Trinajstić information content (AvgIpc) is 2.40. The van der Waals surface area contributed by atoms with E-state index in [4.69, 9.17) is 4.99 Å². The summed E-state index contributed by atoms with van der Waals surface area (Å²) in [6.45, 7) is 8.74. The largest absolute Gasteiger partial charge is 0.278 e. The number of nitrogens with zero attached hydrogens (tertiary/aromatic N) is 1. The molecule has 2 aromatic carbocycles. The molecule has 1 aliphatic heterocycles. The summed E-state index contributed by atoms with van der Waals surface area (Å²) in [5, 5.41) is 0. The second-order valence-electron chi connectivity index (χ2n) is 6.41. The van der Waals surface area contributed by atoms with Crippen molar-refractivity contribution < 1.29 is 0 Å². The Hall–Kier alpha value is -1.89. The van der Waals surface area contributed by atoms with Crippen LogP contribution in [-0.4, -0.2) is 11.3 Å². The molecule has 1 heteroatoms. The Morgan fingerprint density at radius 1 is 0.950 bits per heavy atom. The summed E-state index contributed by atoms with van der Waals surface area (Å²) in [5.41, 5.74) is 7.69. The van der Waals surface area contributed by atoms with Crippen molar-refractivity contribution in [2.24, 2.45) is 4.99 Å². The highest BCUT2D eigenvalue weighted by Gasteiger charge is 2.27. The first-order valence-electron chi connectivity index (χ1n) is 7.22. The van der Waals surface area contributed by atoms with Crippen LogP contribution in [0, 0.1) is 13.8 Å². The minimum Gasteiger partial charge on any atom is -0.278 e. The van der Waals surface area contributed by atoms with Gasteiger partial charge in [0.1, 0.15) is 0 Å². The SMILES string of the molecule is Cc1ccc(C2=NC(C)(C)Cc3ccccc32)cc1C. The number of rotatable bonds is 1. The van der Waals surface area contributed by atoms with Crippen molar-refractivity contribution >= 4 is 5.71 Å². The number of aliphatic imine (C=N–C) groups is 1. The Bertz CT molecular complexity index is 693. The maximum Gasteiger partial charge on any atom is 0.0728 e. The van der Waals surface area contributed by atoms with Crippen LogP contribution >= 0.6 is 0 Å². The van der Waals surface area contributed by atoms with E-state index in [0.717, 1.165) is 12.1 Å². The second kappa shape index (κ2) is 4.59. The zero-order chi connectivity index (χ0) is 14.3. The van der Waals surface area contributed by atoms with Crippen LogP contribution in [-0.2, 0) is 6.42 Å². The molecule has 1 nitrogen and oxygen atoms in total. The zero-order valence-electron chi connectivity index (χ0n) is 12.7. The minimum absolute atomic E-state index is 0.0253. The molecule has 1 aliphatic rings. The topological polar surface area (TPSA) is 12.4 Å². The lowest BCUT2D eigenvalue weighted by Gasteiger charge is -2.29. The summed E-state index contributed by atoms with van der Waals surface area (Å²) in [5.74, 6) is 0. The second-order valence-corrected chi connectivity index (χ2v) is 6.41. The maximum absolute atomic E-state index is 5.01. The van der Waals surface area contributed by atoms with Gasteiger partial charge in [-0.3, -0.25) is 4.99 Å². The molecular weight excluding hydrogens is 242 g/mol. The molecule has 0 saturated heterocycles. The first-order valence-corrected chi connectivity index (χ1v) is 7.22. The summed E-state index contributed by atoms with van der Waals surface area (Å²) in [4.78, 5) is 5.01. The van der Waals surface area contributed by atoms with Gasteiger partial charge in [-0.15, -0.1) is 0 Å². The first kappa shape index (κ1) is 13.1. The van der Waals surface area contributed by atoms with E-state index < -0.39 is 0 Å². The summed E-state index contributed by atoms with van der Waals surface area (Å²) < 4.78 is 0. The molecule has 0 unspecified atom stereocenters. The third kappa shape index (κ3) is 2.29. The quantitative estimate of drug-likeness (QED) is 0.719. The van der Waals surface area contributed by atoms with E-state index >= 15 is 0 Å². The molecule has 0 aromatic heterocycles. The van der Waals surface area contributed by atoms with E-state index in [1.165, 1.54) is 27.8 Å². The Morgan fingerprint density at radius 3 is 2.45 bits per heavy atom. The number of hydrogen-bond donors (Lipinski definition) is 0. The first-order chi connectivity index (χ1) is 9.46. The van der Waals surface area contributed by atoms with E-state index in [1.807, 2.05) is 0 Å². The van der Waals surface area contributed by atoms with E-state index in [1.54, 1.807) is 0 Å². The van der Waals surface area contributed by atoms with E-state index in [-0.39, 0.29) is 5.54 Å². The molecule has 2 aromatic rings. The van der Waals surface area contributed by atoms with Gasteiger partial charge in [-0.2, -0.15) is 0 Å². The highest BCUT2D eigenvalue weighted by molar-refractivity contribution is 6.14. The molecule has 0 atom stereocenters. The van der Waals surface area contributed by atoms with Crippen molar-refractivity contribution in [1.29, 1.82) is 0 Å². The van der Waals surface area contributed by atoms with Gasteiger partial charge in [-0.25, -0.2) is 0 Å². The van der Waals surface area contributed by atoms with Gasteiger partial charge in [0.25, 0.3) is 0 Å². The Balaban J connectivity index is 2.19. The molecule has 1 heterocycles. The fourth-order valence-corrected chi connectivity index (χ4v) is 2.88. The highest BCUT2D eigenvalue weighted by Crippen LogP contribution is 2.29. The third-order valence-corrected chi connectivity index (χ3v) is 4.09. The minimum atomic E-state index is -0.0253. The standard InChI is InChI=1S/C19H21N/c1-13-9-10-15(11-14(13)2)18-17-8-6-5-7-16(17)12-19(3,4)20-18/h5-11H,12H2,1-4H3. The summed E-state index contributed by atoms with van der Waals surface area (Å²) in [7, 11) is 0. The molecule has 3 rings (SSSR count). The van der Waals surface area contributed by atoms with Crippen LogP contribution in [0.4, 0.5) is 0 Å². The number of aryl methyl sites for hydroxylation is 2. The smallest absolute Gasteiger partial charge is 0.0728 e. The normalized spacial score (nSPS) is 16.5. The summed E-state index contributed by atoms with van der Waals surface area (Å²) in [6.07, 6.45) is 1.01. The average molecular weight is 263 g/mol. The fourth-order valence-electron chi connectivity index (χ4n) is 2.88. The van der Waals surface area contributed by atoms with E-state index in [2.05, 4.69) is 70.2 Å². The van der Waals surface area contributed by atoms with Gasteiger partial charge in [0.2, 0.25) is 0 Å². The molecule has 102 valence electrons. The van der Waals surface area contributed by atoms with E-state index in [9.17, 15) is 0 Å². The van der Waals surface area contributed by atoms with Gasteiger partial charge in [0, 0.05) is 11.1 Å². The molecule has 0 saturated carbocycles. The van der Waals surface area contributed by atoms with Crippen molar-refractivity contribution in [1.82, 2.24) is 0 Å². The monoisotopic (exact) mass is 263 g/mol. The van der Waals surface area contributed by atoms with Gasteiger partial charge < -0.3 is 0 Å². The van der Waals surface area contributed by atoms with Gasteiger partial charge >= 0.3 is 0 Å². The van der Waals surface area contributed by atoms with Crippen LogP contribution in [0.5, 0.6) is 0 Å². The molecule has 0 amide bonds. The molecule has 0 aliphatic carbocycles. The van der Waals surface area contributed by atoms with Crippen molar-refractivity contribution in [2.45, 2.75) is 39.7 Å². The number of benzene rings is 2. The summed E-state index contributed by atoms with van der Waals surface area (Å²) in [6, 6.07) is 15.3. The number of fused-ring (bicyclic) bond motifs is 1. The van der Waals surface area contributed by atoms with Crippen LogP contribution < -0.4 is 0 Å². The van der Waals surface area contributed by atoms with E-state index in [0.29, 0.717) is 0 Å². The van der Waals surface area contributed by atoms with Crippen molar-refractivity contribution in [3.63, 3.8) is 0 Å². The molecule has 0 fully saturated rings. The highest BCUT2D eigenvalue weighted by atomic mass is 14.9. The van der Waals surface area contributed by atoms with Crippen molar-refractivity contribution in [3.8, 4) is 0 Å². The van der Waals surface area contributed by atoms with Gasteiger partial charge in [0.05, 0.1) is 11.3 Å². The van der Waals surface area contributed by atoms with Gasteiger partial charge in [-0.05, 0) is 56.9 Å². The predicted octanol–water partition coefficient (Wildman–Crippen LogP) is 4.48. The Labute approximate surface area is 121 Å². The molecule has 0 spiro atoms. The van der Waals surface area contributed by atoms with Crippen LogP contribution in [0.1, 0.15) is 41.7 Å². The Kier molecular flexibility index (Phi) is 3.01. The van der Waals surface area contributed by atoms with Crippen molar-refractivity contribution in [2.75, 3.05) is 0 Å². The lowest BCUT2D eigenvalue weighted by molar-refractivity contribution is 0.513. The van der Waals surface area contributed by atoms with Crippen LogP contribution in [0.15, 0.2) is 47.5 Å². The lowest BCUT2D eigenvalue weighted by atomic mass is 9.84. The van der Waals surface area contributed by atoms with Crippen LogP contribution in [0.3, 0.4) is 0 Å². The van der Waals surface area contributed by atoms with Gasteiger partial charge in [-0.1, -0.05) is 36.4 Å². The van der Waals surface area contributed by atoms with Gasteiger partial charge in [0.15, 0.2) is 0 Å². The third-order valence-electron chi connectivity index (χ3n) is 4.09. The number of hydrogen-bond acceptors (Lipinski definition) is 1. The molecule has 0 N–H and O–H groups in total. The molecule has 0 radical (unpaired) electrons. The molecule has 20 heavy (non-hydrogen) atoms. The lowest BCUT2D eigenvalue weighted by Crippen LogP contribution is -2.29. The predicted molar refractivity (Wildman–Crippen MR) is 85.8 cm³/mol. The van der Waals surface area contributed by atoms with Crippen molar-refractivity contribution in [3.05, 3.63) is 70.3 Å². The Morgan fingerprint density at radius 2 is 1.70 bits per heavy atom. The fraction of sp³-hybridized carbons (Fsp3) is 0.316. The maximum atomic E-state index is 5.01. The van der Waals surface area contributed by atoms with Crippen LogP contribution in [0.2, 0.25) is 0 Å². The zero-order valence-corrected chi connectivity index (χ0v) is 12.7. The van der Waals surface area contributed by atoms with Crippen LogP contribution in [0.25, 0.3) is 0 Å².